The molecule has 4 N–H and O–H groups in total. The number of aliphatic hydroxyl groups is 1. The summed E-state index contributed by atoms with van der Waals surface area (Å²) in [4.78, 5) is 34.8. The lowest BCUT2D eigenvalue weighted by molar-refractivity contribution is -0.128. The molecule has 5 rings (SSSR count). The summed E-state index contributed by atoms with van der Waals surface area (Å²) in [6.07, 6.45) is 6.54. The molecule has 0 spiro atoms. The number of ether oxygens (including phenoxy) is 1. The van der Waals surface area contributed by atoms with Gasteiger partial charge < -0.3 is 25.5 Å². The number of alkyl carbamates (subject to hydrolysis) is 1. The van der Waals surface area contributed by atoms with Crippen LogP contribution in [0.5, 0.6) is 0 Å². The summed E-state index contributed by atoms with van der Waals surface area (Å²) in [6.45, 7) is 1.46. The SMILES string of the molecule is CC(Cc1nc2ccccc2[nH]1)(NC(=O)OC1CCC2CCCC1C2)C(=O)NC(CO)Cc1ccccc1. The molecule has 2 fully saturated rings. The molecule has 1 aromatic heterocycles. The number of nitrogens with one attached hydrogen (secondary N) is 3. The first-order valence-electron chi connectivity index (χ1n) is 13.8. The highest BCUT2D eigenvalue weighted by Gasteiger charge is 2.40. The minimum absolute atomic E-state index is 0.117. The smallest absolute Gasteiger partial charge is 0.408 e. The van der Waals surface area contributed by atoms with Crippen molar-refractivity contribution >= 4 is 23.0 Å². The Balaban J connectivity index is 1.32. The minimum atomic E-state index is -1.35. The van der Waals surface area contributed by atoms with Gasteiger partial charge in [0, 0.05) is 6.42 Å². The van der Waals surface area contributed by atoms with Gasteiger partial charge in [0.15, 0.2) is 0 Å². The molecule has 2 saturated carbocycles. The number of amides is 2. The maximum absolute atomic E-state index is 13.7. The number of nitrogens with zero attached hydrogens (tertiary/aromatic N) is 1. The van der Waals surface area contributed by atoms with Crippen molar-refractivity contribution in [2.24, 2.45) is 11.8 Å². The summed E-state index contributed by atoms with van der Waals surface area (Å²) < 4.78 is 5.94. The lowest BCUT2D eigenvalue weighted by atomic mass is 9.71. The summed E-state index contributed by atoms with van der Waals surface area (Å²) >= 11 is 0. The molecular weight excluding hydrogens is 480 g/mol. The van der Waals surface area contributed by atoms with E-state index in [0.29, 0.717) is 18.2 Å². The third-order valence-corrected chi connectivity index (χ3v) is 8.19. The highest BCUT2D eigenvalue weighted by atomic mass is 16.6. The van der Waals surface area contributed by atoms with Gasteiger partial charge in [0.2, 0.25) is 5.91 Å². The maximum Gasteiger partial charge on any atom is 0.408 e. The van der Waals surface area contributed by atoms with Crippen LogP contribution in [0.4, 0.5) is 4.79 Å². The topological polar surface area (TPSA) is 116 Å². The molecule has 1 heterocycles. The summed E-state index contributed by atoms with van der Waals surface area (Å²) in [6, 6.07) is 16.8. The molecule has 2 aromatic carbocycles. The van der Waals surface area contributed by atoms with E-state index in [1.165, 1.54) is 12.8 Å². The predicted molar refractivity (Wildman–Crippen MR) is 145 cm³/mol. The van der Waals surface area contributed by atoms with Gasteiger partial charge >= 0.3 is 6.09 Å². The summed E-state index contributed by atoms with van der Waals surface area (Å²) in [5, 5.41) is 15.9. The lowest BCUT2D eigenvalue weighted by Gasteiger charge is -2.40. The number of aliphatic hydroxyl groups excluding tert-OH is 1. The highest BCUT2D eigenvalue weighted by molar-refractivity contribution is 5.90. The van der Waals surface area contributed by atoms with Gasteiger partial charge in [-0.15, -0.1) is 0 Å². The van der Waals surface area contributed by atoms with Gasteiger partial charge in [-0.2, -0.15) is 0 Å². The van der Waals surface area contributed by atoms with Gasteiger partial charge in [-0.3, -0.25) is 4.79 Å². The zero-order chi connectivity index (χ0) is 26.5. The Morgan fingerprint density at radius 3 is 2.68 bits per heavy atom. The van der Waals surface area contributed by atoms with Gasteiger partial charge in [-0.25, -0.2) is 9.78 Å². The number of fused-ring (bicyclic) bond motifs is 3. The number of para-hydroxylation sites is 2. The van der Waals surface area contributed by atoms with Crippen LogP contribution >= 0.6 is 0 Å². The van der Waals surface area contributed by atoms with Crippen molar-refractivity contribution in [3.63, 3.8) is 0 Å². The number of benzene rings is 2. The first-order valence-corrected chi connectivity index (χ1v) is 13.8. The molecule has 5 unspecified atom stereocenters. The summed E-state index contributed by atoms with van der Waals surface area (Å²) in [7, 11) is 0. The van der Waals surface area contributed by atoms with Crippen molar-refractivity contribution in [2.75, 3.05) is 6.61 Å². The van der Waals surface area contributed by atoms with E-state index in [1.807, 2.05) is 54.6 Å². The molecule has 2 aliphatic rings. The molecule has 202 valence electrons. The number of carbonyl (C=O) groups excluding carboxylic acids is 2. The molecule has 2 aliphatic carbocycles. The van der Waals surface area contributed by atoms with Crippen molar-refractivity contribution in [3.8, 4) is 0 Å². The largest absolute Gasteiger partial charge is 0.446 e. The van der Waals surface area contributed by atoms with E-state index in [0.717, 1.165) is 48.2 Å². The number of carbonyl (C=O) groups is 2. The van der Waals surface area contributed by atoms with E-state index in [2.05, 4.69) is 20.6 Å². The van der Waals surface area contributed by atoms with Crippen LogP contribution in [0.25, 0.3) is 11.0 Å². The van der Waals surface area contributed by atoms with Crippen LogP contribution in [-0.4, -0.2) is 51.4 Å². The van der Waals surface area contributed by atoms with E-state index < -0.39 is 23.6 Å². The normalized spacial score (nSPS) is 23.3. The van der Waals surface area contributed by atoms with Crippen LogP contribution in [0.1, 0.15) is 56.8 Å². The van der Waals surface area contributed by atoms with Crippen molar-refractivity contribution in [1.82, 2.24) is 20.6 Å². The number of aromatic nitrogens is 2. The van der Waals surface area contributed by atoms with Crippen LogP contribution in [0.3, 0.4) is 0 Å². The molecule has 8 nitrogen and oxygen atoms in total. The molecular formula is C30H38N4O4. The van der Waals surface area contributed by atoms with Gasteiger partial charge in [0.25, 0.3) is 0 Å². The minimum Gasteiger partial charge on any atom is -0.446 e. The number of hydrogen-bond donors (Lipinski definition) is 4. The summed E-state index contributed by atoms with van der Waals surface area (Å²) in [5.41, 5.74) is 1.30. The van der Waals surface area contributed by atoms with Crippen molar-refractivity contribution in [1.29, 1.82) is 0 Å². The zero-order valence-corrected chi connectivity index (χ0v) is 22.0. The molecule has 0 saturated heterocycles. The third-order valence-electron chi connectivity index (χ3n) is 8.19. The quantitative estimate of drug-likeness (QED) is 0.337. The average molecular weight is 519 g/mol. The molecule has 8 heteroatoms. The Morgan fingerprint density at radius 2 is 1.89 bits per heavy atom. The van der Waals surface area contributed by atoms with Gasteiger partial charge in [0.1, 0.15) is 17.5 Å². The average Bonchev–Trinajstić information content (AvgIpc) is 3.32. The number of rotatable bonds is 9. The number of imidazole rings is 1. The van der Waals surface area contributed by atoms with Gasteiger partial charge in [-0.1, -0.05) is 55.3 Å². The van der Waals surface area contributed by atoms with E-state index in [9.17, 15) is 14.7 Å². The van der Waals surface area contributed by atoms with Crippen molar-refractivity contribution in [2.45, 2.75) is 76.0 Å². The molecule has 0 radical (unpaired) electrons. The Morgan fingerprint density at radius 1 is 1.11 bits per heavy atom. The highest BCUT2D eigenvalue weighted by Crippen LogP contribution is 2.41. The Kier molecular flexibility index (Phi) is 7.98. The predicted octanol–water partition coefficient (Wildman–Crippen LogP) is 4.28. The molecule has 5 atom stereocenters. The fourth-order valence-electron chi connectivity index (χ4n) is 6.13. The first-order chi connectivity index (χ1) is 18.4. The summed E-state index contributed by atoms with van der Waals surface area (Å²) in [5.74, 6) is 1.33. The Bertz CT molecular complexity index is 1210. The van der Waals surface area contributed by atoms with E-state index in [-0.39, 0.29) is 19.1 Å². The Labute approximate surface area is 223 Å². The van der Waals surface area contributed by atoms with E-state index >= 15 is 0 Å². The van der Waals surface area contributed by atoms with E-state index in [4.69, 9.17) is 4.74 Å². The lowest BCUT2D eigenvalue weighted by Crippen LogP contribution is -2.61. The monoisotopic (exact) mass is 518 g/mol. The Hall–Kier alpha value is -3.39. The second-order valence-electron chi connectivity index (χ2n) is 11.2. The second-order valence-corrected chi connectivity index (χ2v) is 11.2. The van der Waals surface area contributed by atoms with Crippen LogP contribution in [0.2, 0.25) is 0 Å². The van der Waals surface area contributed by atoms with Crippen molar-refractivity contribution < 1.29 is 19.4 Å². The fourth-order valence-corrected chi connectivity index (χ4v) is 6.13. The van der Waals surface area contributed by atoms with Crippen LogP contribution < -0.4 is 10.6 Å². The standard InChI is InChI=1S/C30H38N4O4/c1-30(18-27-32-24-12-5-6-13-25(24)33-27,28(36)31-23(19-35)17-20-8-3-2-4-9-20)34-29(37)38-26-15-14-21-10-7-11-22(26)16-21/h2-6,8-9,12-13,21-23,26,35H,7,10-11,14-19H2,1H3,(H,31,36)(H,32,33)(H,34,37). The molecule has 2 bridgehead atoms. The van der Waals surface area contributed by atoms with Crippen LogP contribution in [0, 0.1) is 11.8 Å². The molecule has 2 amide bonds. The van der Waals surface area contributed by atoms with E-state index in [1.54, 1.807) is 6.92 Å². The number of aromatic amines is 1. The molecule has 0 aliphatic heterocycles. The number of H-pyrrole nitrogens is 1. The molecule has 3 aromatic rings. The zero-order valence-electron chi connectivity index (χ0n) is 22.0. The number of hydrogen-bond acceptors (Lipinski definition) is 5. The van der Waals surface area contributed by atoms with Crippen LogP contribution in [0.15, 0.2) is 54.6 Å². The van der Waals surface area contributed by atoms with Crippen molar-refractivity contribution in [3.05, 3.63) is 66.0 Å². The fraction of sp³-hybridized carbons (Fsp3) is 0.500. The molecule has 38 heavy (non-hydrogen) atoms. The second kappa shape index (κ2) is 11.6. The van der Waals surface area contributed by atoms with Crippen LogP contribution in [-0.2, 0) is 22.4 Å². The third kappa shape index (κ3) is 6.18. The maximum atomic E-state index is 13.7. The first kappa shape index (κ1) is 26.2. The van der Waals surface area contributed by atoms with Gasteiger partial charge in [0.05, 0.1) is 23.7 Å². The van der Waals surface area contributed by atoms with Gasteiger partial charge in [-0.05, 0) is 68.6 Å².